The maximum Gasteiger partial charge on any atom is 0.274 e. The van der Waals surface area contributed by atoms with Crippen molar-refractivity contribution >= 4 is 11.6 Å². The quantitative estimate of drug-likeness (QED) is 0.498. The molecule has 0 saturated carbocycles. The fourth-order valence-corrected chi connectivity index (χ4v) is 3.76. The summed E-state index contributed by atoms with van der Waals surface area (Å²) in [7, 11) is 0. The topological polar surface area (TPSA) is 72.5 Å². The Labute approximate surface area is 186 Å². The normalized spacial score (nSPS) is 14.4. The number of nitrogens with one attached hydrogen (secondary N) is 1. The first-order valence-corrected chi connectivity index (χ1v) is 10.7. The van der Waals surface area contributed by atoms with E-state index in [-0.39, 0.29) is 5.91 Å². The summed E-state index contributed by atoms with van der Waals surface area (Å²) in [6.07, 6.45) is 1.59. The largest absolute Gasteiger partial charge is 0.463 e. The van der Waals surface area contributed by atoms with Gasteiger partial charge in [-0.25, -0.2) is 4.68 Å². The zero-order chi connectivity index (χ0) is 21.8. The van der Waals surface area contributed by atoms with Crippen molar-refractivity contribution in [3.05, 3.63) is 90.3 Å². The monoisotopic (exact) mass is 428 g/mol. The highest BCUT2D eigenvalue weighted by molar-refractivity contribution is 6.04. The van der Waals surface area contributed by atoms with Crippen LogP contribution in [-0.4, -0.2) is 46.9 Å². The van der Waals surface area contributed by atoms with Gasteiger partial charge in [0.25, 0.3) is 5.91 Å². The minimum atomic E-state index is -0.236. The van der Waals surface area contributed by atoms with Gasteiger partial charge in [0.05, 0.1) is 25.2 Å². The number of hydrogen-bond acceptors (Lipinski definition) is 5. The second kappa shape index (κ2) is 9.21. The van der Waals surface area contributed by atoms with Gasteiger partial charge in [-0.15, -0.1) is 0 Å². The van der Waals surface area contributed by atoms with Crippen LogP contribution in [0.15, 0.2) is 83.5 Å². The van der Waals surface area contributed by atoms with Gasteiger partial charge in [0, 0.05) is 31.4 Å². The predicted octanol–water partition coefficient (Wildman–Crippen LogP) is 4.22. The van der Waals surface area contributed by atoms with Crippen LogP contribution in [0.2, 0.25) is 0 Å². The maximum atomic E-state index is 13.2. The van der Waals surface area contributed by atoms with Crippen molar-refractivity contribution in [2.24, 2.45) is 0 Å². The van der Waals surface area contributed by atoms with Crippen molar-refractivity contribution in [2.75, 3.05) is 31.6 Å². The number of benzene rings is 2. The highest BCUT2D eigenvalue weighted by Gasteiger charge is 2.19. The lowest BCUT2D eigenvalue weighted by Crippen LogP contribution is -2.35. The van der Waals surface area contributed by atoms with Gasteiger partial charge in [-0.2, -0.15) is 5.10 Å². The summed E-state index contributed by atoms with van der Waals surface area (Å²) in [4.78, 5) is 15.5. The summed E-state index contributed by atoms with van der Waals surface area (Å²) in [5.41, 5.74) is 3.78. The second-order valence-corrected chi connectivity index (χ2v) is 7.68. The molecule has 2 aromatic heterocycles. The van der Waals surface area contributed by atoms with E-state index in [2.05, 4.69) is 15.3 Å². The Morgan fingerprint density at radius 3 is 2.47 bits per heavy atom. The molecule has 2 aromatic carbocycles. The molecule has 7 heteroatoms. The van der Waals surface area contributed by atoms with E-state index < -0.39 is 0 Å². The van der Waals surface area contributed by atoms with E-state index in [9.17, 15) is 4.79 Å². The number of carbonyl (C=O) groups excluding carboxylic acids is 1. The van der Waals surface area contributed by atoms with E-state index in [1.165, 1.54) is 5.56 Å². The minimum Gasteiger partial charge on any atom is -0.463 e. The van der Waals surface area contributed by atoms with Crippen LogP contribution in [0, 0.1) is 0 Å². The Kier molecular flexibility index (Phi) is 5.83. The number of anilines is 1. The number of ether oxygens (including phenoxy) is 1. The van der Waals surface area contributed by atoms with Crippen LogP contribution >= 0.6 is 0 Å². The van der Waals surface area contributed by atoms with Crippen LogP contribution in [0.1, 0.15) is 16.1 Å². The van der Waals surface area contributed by atoms with E-state index in [1.807, 2.05) is 60.7 Å². The van der Waals surface area contributed by atoms with Crippen LogP contribution in [0.5, 0.6) is 0 Å². The summed E-state index contributed by atoms with van der Waals surface area (Å²) < 4.78 is 12.5. The molecule has 162 valence electrons. The fourth-order valence-electron chi connectivity index (χ4n) is 3.76. The lowest BCUT2D eigenvalue weighted by molar-refractivity contribution is 0.0342. The molecule has 3 heterocycles. The summed E-state index contributed by atoms with van der Waals surface area (Å²) in [5, 5.41) is 7.60. The number of aromatic nitrogens is 2. The molecule has 1 fully saturated rings. The Morgan fingerprint density at radius 1 is 0.969 bits per heavy atom. The molecule has 4 aromatic rings. The van der Waals surface area contributed by atoms with Gasteiger partial charge in [-0.05, 0) is 42.0 Å². The average molecular weight is 428 g/mol. The molecule has 0 aliphatic carbocycles. The molecule has 32 heavy (non-hydrogen) atoms. The third-order valence-corrected chi connectivity index (χ3v) is 5.44. The molecule has 1 aliphatic rings. The minimum absolute atomic E-state index is 0.236. The number of hydrogen-bond donors (Lipinski definition) is 1. The molecule has 5 rings (SSSR count). The second-order valence-electron chi connectivity index (χ2n) is 7.68. The number of nitrogens with zero attached hydrogens (tertiary/aromatic N) is 3. The first-order valence-electron chi connectivity index (χ1n) is 10.7. The van der Waals surface area contributed by atoms with E-state index in [4.69, 9.17) is 9.15 Å². The Balaban J connectivity index is 1.35. The standard InChI is InChI=1S/C25H24N4O3/c30-25(26-20-10-8-19(9-11-20)18-28-12-15-31-16-13-28)23-17-22(24-7-4-14-32-24)27-29(23)21-5-2-1-3-6-21/h1-11,14,17H,12-13,15-16,18H2,(H,26,30). The molecular formula is C25H24N4O3. The van der Waals surface area contributed by atoms with Crippen molar-refractivity contribution in [2.45, 2.75) is 6.54 Å². The molecule has 7 nitrogen and oxygen atoms in total. The van der Waals surface area contributed by atoms with Gasteiger partial charge in [0.15, 0.2) is 5.76 Å². The zero-order valence-corrected chi connectivity index (χ0v) is 17.6. The summed E-state index contributed by atoms with van der Waals surface area (Å²) in [6, 6.07) is 22.9. The van der Waals surface area contributed by atoms with Crippen molar-refractivity contribution in [3.8, 4) is 17.1 Å². The van der Waals surface area contributed by atoms with Gasteiger partial charge in [-0.3, -0.25) is 9.69 Å². The number of rotatable bonds is 6. The van der Waals surface area contributed by atoms with E-state index in [0.717, 1.165) is 44.2 Å². The summed E-state index contributed by atoms with van der Waals surface area (Å²) in [5.74, 6) is 0.376. The van der Waals surface area contributed by atoms with Crippen molar-refractivity contribution < 1.29 is 13.9 Å². The third kappa shape index (κ3) is 4.49. The molecule has 0 bridgehead atoms. The van der Waals surface area contributed by atoms with Gasteiger partial charge < -0.3 is 14.5 Å². The number of para-hydroxylation sites is 1. The molecule has 1 amide bonds. The van der Waals surface area contributed by atoms with Gasteiger partial charge in [0.1, 0.15) is 11.4 Å². The maximum absolute atomic E-state index is 13.2. The fraction of sp³-hybridized carbons (Fsp3) is 0.200. The lowest BCUT2D eigenvalue weighted by atomic mass is 10.2. The lowest BCUT2D eigenvalue weighted by Gasteiger charge is -2.26. The predicted molar refractivity (Wildman–Crippen MR) is 122 cm³/mol. The Morgan fingerprint density at radius 2 is 1.75 bits per heavy atom. The molecule has 1 aliphatic heterocycles. The van der Waals surface area contributed by atoms with Crippen LogP contribution < -0.4 is 5.32 Å². The van der Waals surface area contributed by atoms with Gasteiger partial charge in [0.2, 0.25) is 0 Å². The van der Waals surface area contributed by atoms with Crippen LogP contribution in [-0.2, 0) is 11.3 Å². The van der Waals surface area contributed by atoms with Crippen molar-refractivity contribution in [1.29, 1.82) is 0 Å². The zero-order valence-electron chi connectivity index (χ0n) is 17.6. The van der Waals surface area contributed by atoms with E-state index in [0.29, 0.717) is 17.1 Å². The summed E-state index contributed by atoms with van der Waals surface area (Å²) in [6.45, 7) is 4.33. The average Bonchev–Trinajstić information content (AvgIpc) is 3.52. The molecule has 0 spiro atoms. The highest BCUT2D eigenvalue weighted by Crippen LogP contribution is 2.23. The number of carbonyl (C=O) groups is 1. The van der Waals surface area contributed by atoms with E-state index >= 15 is 0 Å². The molecule has 0 unspecified atom stereocenters. The van der Waals surface area contributed by atoms with Crippen LogP contribution in [0.3, 0.4) is 0 Å². The molecule has 0 atom stereocenters. The van der Waals surface area contributed by atoms with Gasteiger partial charge >= 0.3 is 0 Å². The molecule has 1 N–H and O–H groups in total. The number of furan rings is 1. The Hall–Kier alpha value is -3.68. The first-order chi connectivity index (χ1) is 15.8. The van der Waals surface area contributed by atoms with Gasteiger partial charge in [-0.1, -0.05) is 30.3 Å². The summed E-state index contributed by atoms with van der Waals surface area (Å²) >= 11 is 0. The van der Waals surface area contributed by atoms with Crippen molar-refractivity contribution in [3.63, 3.8) is 0 Å². The molecule has 1 saturated heterocycles. The molecular weight excluding hydrogens is 404 g/mol. The first kappa shape index (κ1) is 20.2. The van der Waals surface area contributed by atoms with Crippen LogP contribution in [0.4, 0.5) is 5.69 Å². The number of morpholine rings is 1. The number of amides is 1. The Bertz CT molecular complexity index is 1160. The molecule has 0 radical (unpaired) electrons. The third-order valence-electron chi connectivity index (χ3n) is 5.44. The van der Waals surface area contributed by atoms with Crippen LogP contribution in [0.25, 0.3) is 17.1 Å². The highest BCUT2D eigenvalue weighted by atomic mass is 16.5. The SMILES string of the molecule is O=C(Nc1ccc(CN2CCOCC2)cc1)c1cc(-c2ccco2)nn1-c1ccccc1. The van der Waals surface area contributed by atoms with Crippen molar-refractivity contribution in [1.82, 2.24) is 14.7 Å². The smallest absolute Gasteiger partial charge is 0.274 e. The van der Waals surface area contributed by atoms with E-state index in [1.54, 1.807) is 23.1 Å².